The zero-order valence-electron chi connectivity index (χ0n) is 14.3. The van der Waals surface area contributed by atoms with E-state index in [0.29, 0.717) is 18.2 Å². The first-order valence-corrected chi connectivity index (χ1v) is 8.66. The van der Waals surface area contributed by atoms with Crippen LogP contribution in [0.2, 0.25) is 0 Å². The highest BCUT2D eigenvalue weighted by Crippen LogP contribution is 2.42. The van der Waals surface area contributed by atoms with Gasteiger partial charge in [-0.15, -0.1) is 0 Å². The Hall–Kier alpha value is -1.60. The Kier molecular flexibility index (Phi) is 4.83. The van der Waals surface area contributed by atoms with Gasteiger partial charge in [0.2, 0.25) is 0 Å². The molecular formula is C17H26N2O5. The van der Waals surface area contributed by atoms with Crippen molar-refractivity contribution in [2.24, 2.45) is 5.92 Å². The summed E-state index contributed by atoms with van der Waals surface area (Å²) in [6.45, 7) is 5.34. The van der Waals surface area contributed by atoms with Crippen molar-refractivity contribution in [2.75, 3.05) is 19.8 Å². The van der Waals surface area contributed by atoms with Gasteiger partial charge in [-0.1, -0.05) is 13.8 Å². The second-order valence-electron chi connectivity index (χ2n) is 7.31. The largest absolute Gasteiger partial charge is 0.481 e. The van der Waals surface area contributed by atoms with Gasteiger partial charge >= 0.3 is 5.97 Å². The first kappa shape index (κ1) is 17.2. The Bertz CT molecular complexity index is 587. The summed E-state index contributed by atoms with van der Waals surface area (Å²) in [7, 11) is 0. The topological polar surface area (TPSA) is 96.0 Å². The van der Waals surface area contributed by atoms with Crippen molar-refractivity contribution in [3.05, 3.63) is 11.8 Å². The van der Waals surface area contributed by atoms with Crippen molar-refractivity contribution in [2.45, 2.75) is 57.0 Å². The fraction of sp³-hybridized carbons (Fsp3) is 0.765. The number of aromatic nitrogens is 1. The lowest BCUT2D eigenvalue weighted by atomic mass is 9.94. The smallest absolute Gasteiger partial charge is 0.314 e. The molecule has 0 spiro atoms. The highest BCUT2D eigenvalue weighted by atomic mass is 16.5. The summed E-state index contributed by atoms with van der Waals surface area (Å²) < 4.78 is 10.9. The third kappa shape index (κ3) is 3.02. The summed E-state index contributed by atoms with van der Waals surface area (Å²) in [5, 5.41) is 22.9. The van der Waals surface area contributed by atoms with E-state index in [2.05, 4.69) is 10.1 Å². The fourth-order valence-electron chi connectivity index (χ4n) is 4.21. The van der Waals surface area contributed by atoms with Crippen LogP contribution in [-0.4, -0.2) is 57.6 Å². The SMILES string of the molecule is CC(C)C(C(=O)O)c1cc(OC[C@@H]2CC[C@@]3(CO)CCCN23)no1. The predicted octanol–water partition coefficient (Wildman–Crippen LogP) is 1.87. The lowest BCUT2D eigenvalue weighted by molar-refractivity contribution is -0.140. The molecule has 2 fully saturated rings. The molecule has 0 amide bonds. The van der Waals surface area contributed by atoms with E-state index in [-0.39, 0.29) is 24.1 Å². The van der Waals surface area contributed by atoms with E-state index in [0.717, 1.165) is 32.2 Å². The summed E-state index contributed by atoms with van der Waals surface area (Å²) in [6, 6.07) is 1.84. The third-order valence-electron chi connectivity index (χ3n) is 5.50. The summed E-state index contributed by atoms with van der Waals surface area (Å²) >= 11 is 0. The molecule has 3 heterocycles. The molecule has 2 N–H and O–H groups in total. The van der Waals surface area contributed by atoms with Crippen LogP contribution in [0.25, 0.3) is 0 Å². The molecule has 0 aromatic carbocycles. The van der Waals surface area contributed by atoms with E-state index in [9.17, 15) is 15.0 Å². The van der Waals surface area contributed by atoms with Crippen LogP contribution in [0.1, 0.15) is 51.2 Å². The van der Waals surface area contributed by atoms with Gasteiger partial charge in [-0.3, -0.25) is 9.69 Å². The number of rotatable bonds is 7. The average Bonchev–Trinajstić information content (AvgIpc) is 3.20. The number of nitrogens with zero attached hydrogens (tertiary/aromatic N) is 2. The molecule has 24 heavy (non-hydrogen) atoms. The second-order valence-corrected chi connectivity index (χ2v) is 7.31. The quantitative estimate of drug-likeness (QED) is 0.783. The van der Waals surface area contributed by atoms with E-state index in [1.807, 2.05) is 13.8 Å². The number of hydrogen-bond acceptors (Lipinski definition) is 6. The zero-order chi connectivity index (χ0) is 17.3. The number of aliphatic hydroxyl groups is 1. The standard InChI is InChI=1S/C17H26N2O5/c1-11(2)15(16(21)22)13-8-14(18-24-13)23-9-12-4-6-17(10-20)5-3-7-19(12)17/h8,11-12,15,20H,3-7,9-10H2,1-2H3,(H,21,22)/t12-,15?,17+/m0/s1. The third-order valence-corrected chi connectivity index (χ3v) is 5.50. The number of carbonyl (C=O) groups is 1. The maximum absolute atomic E-state index is 11.4. The molecule has 134 valence electrons. The molecular weight excluding hydrogens is 312 g/mol. The van der Waals surface area contributed by atoms with Gasteiger partial charge in [0, 0.05) is 17.6 Å². The number of ether oxygens (including phenoxy) is 1. The molecule has 0 bridgehead atoms. The van der Waals surface area contributed by atoms with Crippen LogP contribution >= 0.6 is 0 Å². The molecule has 0 saturated carbocycles. The van der Waals surface area contributed by atoms with Crippen molar-refractivity contribution in [1.82, 2.24) is 10.1 Å². The van der Waals surface area contributed by atoms with Crippen LogP contribution in [0.5, 0.6) is 5.88 Å². The summed E-state index contributed by atoms with van der Waals surface area (Å²) in [4.78, 5) is 13.7. The molecule has 2 saturated heterocycles. The Labute approximate surface area is 141 Å². The highest BCUT2D eigenvalue weighted by Gasteiger charge is 2.48. The van der Waals surface area contributed by atoms with Gasteiger partial charge in [0.15, 0.2) is 5.76 Å². The van der Waals surface area contributed by atoms with Gasteiger partial charge in [0.05, 0.1) is 6.61 Å². The summed E-state index contributed by atoms with van der Waals surface area (Å²) in [6.07, 6.45) is 4.15. The number of carboxylic acid groups (broad SMARTS) is 1. The number of aliphatic hydroxyl groups excluding tert-OH is 1. The van der Waals surface area contributed by atoms with Crippen LogP contribution in [0.15, 0.2) is 10.6 Å². The van der Waals surface area contributed by atoms with E-state index >= 15 is 0 Å². The molecule has 2 aliphatic rings. The van der Waals surface area contributed by atoms with Crippen LogP contribution in [-0.2, 0) is 4.79 Å². The van der Waals surface area contributed by atoms with Crippen molar-refractivity contribution in [1.29, 1.82) is 0 Å². The van der Waals surface area contributed by atoms with Crippen LogP contribution in [0.3, 0.4) is 0 Å². The van der Waals surface area contributed by atoms with Crippen molar-refractivity contribution >= 4 is 5.97 Å². The minimum absolute atomic E-state index is 0.0605. The number of hydrogen-bond donors (Lipinski definition) is 2. The van der Waals surface area contributed by atoms with E-state index in [1.165, 1.54) is 0 Å². The van der Waals surface area contributed by atoms with Gasteiger partial charge in [0.25, 0.3) is 5.88 Å². The first-order chi connectivity index (χ1) is 11.5. The lowest BCUT2D eigenvalue weighted by Crippen LogP contribution is -2.46. The molecule has 2 aliphatic heterocycles. The van der Waals surface area contributed by atoms with Crippen molar-refractivity contribution in [3.8, 4) is 5.88 Å². The first-order valence-electron chi connectivity index (χ1n) is 8.66. The molecule has 7 heteroatoms. The molecule has 3 atom stereocenters. The van der Waals surface area contributed by atoms with Gasteiger partial charge in [-0.25, -0.2) is 0 Å². The van der Waals surface area contributed by atoms with Gasteiger partial charge in [-0.2, -0.15) is 0 Å². The highest BCUT2D eigenvalue weighted by molar-refractivity contribution is 5.75. The van der Waals surface area contributed by atoms with Crippen LogP contribution in [0, 0.1) is 5.92 Å². The Balaban J connectivity index is 1.61. The zero-order valence-corrected chi connectivity index (χ0v) is 14.3. The summed E-state index contributed by atoms with van der Waals surface area (Å²) in [5.41, 5.74) is -0.0605. The Morgan fingerprint density at radius 3 is 3.00 bits per heavy atom. The summed E-state index contributed by atoms with van der Waals surface area (Å²) in [5.74, 6) is -1.08. The second kappa shape index (κ2) is 6.72. The van der Waals surface area contributed by atoms with E-state index in [1.54, 1.807) is 6.07 Å². The Morgan fingerprint density at radius 1 is 1.54 bits per heavy atom. The Morgan fingerprint density at radius 2 is 2.33 bits per heavy atom. The molecule has 3 rings (SSSR count). The molecule has 0 radical (unpaired) electrons. The number of carboxylic acids is 1. The lowest BCUT2D eigenvalue weighted by Gasteiger charge is -2.33. The van der Waals surface area contributed by atoms with Crippen LogP contribution in [0.4, 0.5) is 0 Å². The maximum Gasteiger partial charge on any atom is 0.314 e. The number of fused-ring (bicyclic) bond motifs is 1. The van der Waals surface area contributed by atoms with Crippen molar-refractivity contribution in [3.63, 3.8) is 0 Å². The predicted molar refractivity (Wildman–Crippen MR) is 86.0 cm³/mol. The van der Waals surface area contributed by atoms with Gasteiger partial charge in [-0.05, 0) is 43.3 Å². The number of aliphatic carboxylic acids is 1. The monoisotopic (exact) mass is 338 g/mol. The van der Waals surface area contributed by atoms with Gasteiger partial charge in [0.1, 0.15) is 12.5 Å². The maximum atomic E-state index is 11.4. The van der Waals surface area contributed by atoms with E-state index in [4.69, 9.17) is 9.26 Å². The van der Waals surface area contributed by atoms with Crippen molar-refractivity contribution < 1.29 is 24.3 Å². The van der Waals surface area contributed by atoms with Gasteiger partial charge < -0.3 is 19.5 Å². The minimum Gasteiger partial charge on any atom is -0.481 e. The molecule has 1 aromatic heterocycles. The molecule has 1 unspecified atom stereocenters. The van der Waals surface area contributed by atoms with Crippen LogP contribution < -0.4 is 4.74 Å². The fourth-order valence-corrected chi connectivity index (χ4v) is 4.21. The molecule has 1 aromatic rings. The molecule has 7 nitrogen and oxygen atoms in total. The normalized spacial score (nSPS) is 28.2. The molecule has 0 aliphatic carbocycles. The van der Waals surface area contributed by atoms with E-state index < -0.39 is 11.9 Å². The minimum atomic E-state index is -0.923. The average molecular weight is 338 g/mol.